The number of benzene rings is 1. The van der Waals surface area contributed by atoms with Crippen LogP contribution in [0, 0.1) is 11.3 Å². The van der Waals surface area contributed by atoms with Crippen molar-refractivity contribution >= 4 is 17.7 Å². The molecule has 1 aromatic carbocycles. The van der Waals surface area contributed by atoms with Crippen LogP contribution in [-0.2, 0) is 4.74 Å². The van der Waals surface area contributed by atoms with Crippen molar-refractivity contribution in [3.8, 4) is 11.8 Å². The van der Waals surface area contributed by atoms with Crippen LogP contribution in [0.5, 0.6) is 5.75 Å². The number of ether oxygens (including phenoxy) is 2. The highest BCUT2D eigenvalue weighted by atomic mass is 16.5. The molecule has 110 valence electrons. The van der Waals surface area contributed by atoms with Crippen LogP contribution in [0.15, 0.2) is 17.1 Å². The molecule has 1 fully saturated rings. The Hall–Kier alpha value is -2.26. The Labute approximate surface area is 124 Å². The summed E-state index contributed by atoms with van der Waals surface area (Å²) in [6.07, 6.45) is 1.74. The third kappa shape index (κ3) is 2.65. The van der Waals surface area contributed by atoms with E-state index in [1.807, 2.05) is 31.1 Å². The van der Waals surface area contributed by atoms with Gasteiger partial charge in [0, 0.05) is 27.2 Å². The second-order valence-electron chi connectivity index (χ2n) is 5.38. The molecule has 0 amide bonds. The molecule has 21 heavy (non-hydrogen) atoms. The number of fused-ring (bicyclic) bond motifs is 4. The number of nitrogens with zero attached hydrogens (tertiary/aromatic N) is 4. The zero-order valence-electron chi connectivity index (χ0n) is 12.2. The second kappa shape index (κ2) is 5.62. The van der Waals surface area contributed by atoms with Gasteiger partial charge < -0.3 is 19.3 Å². The predicted octanol–water partition coefficient (Wildman–Crippen LogP) is 1.38. The van der Waals surface area contributed by atoms with Gasteiger partial charge in [0.05, 0.1) is 24.3 Å². The van der Waals surface area contributed by atoms with Crippen LogP contribution in [0.2, 0.25) is 0 Å². The van der Waals surface area contributed by atoms with E-state index < -0.39 is 0 Å². The molecule has 1 atom stereocenters. The Balaban J connectivity index is 2.04. The van der Waals surface area contributed by atoms with Gasteiger partial charge in [0.25, 0.3) is 0 Å². The van der Waals surface area contributed by atoms with Crippen LogP contribution in [0.1, 0.15) is 5.56 Å². The Morgan fingerprint density at radius 1 is 1.48 bits per heavy atom. The van der Waals surface area contributed by atoms with Crippen LogP contribution in [0.25, 0.3) is 0 Å². The number of rotatable bonds is 2. The van der Waals surface area contributed by atoms with Crippen molar-refractivity contribution in [1.82, 2.24) is 4.90 Å². The average Bonchev–Trinajstić information content (AvgIpc) is 2.61. The normalized spacial score (nSPS) is 20.4. The van der Waals surface area contributed by atoms with Crippen molar-refractivity contribution in [3.05, 3.63) is 17.7 Å². The zero-order valence-corrected chi connectivity index (χ0v) is 12.2. The Morgan fingerprint density at radius 2 is 2.33 bits per heavy atom. The molecule has 3 rings (SSSR count). The van der Waals surface area contributed by atoms with Gasteiger partial charge in [-0.05, 0) is 12.1 Å². The van der Waals surface area contributed by atoms with E-state index in [0.29, 0.717) is 30.2 Å². The summed E-state index contributed by atoms with van der Waals surface area (Å²) in [5.74, 6) is 0.624. The van der Waals surface area contributed by atoms with Crippen molar-refractivity contribution in [1.29, 1.82) is 5.26 Å². The van der Waals surface area contributed by atoms with Gasteiger partial charge in [-0.3, -0.25) is 0 Å². The van der Waals surface area contributed by atoms with Crippen LogP contribution in [-0.4, -0.2) is 57.7 Å². The monoisotopic (exact) mass is 286 g/mol. The van der Waals surface area contributed by atoms with Crippen molar-refractivity contribution in [3.63, 3.8) is 0 Å². The molecule has 0 radical (unpaired) electrons. The molecule has 1 aromatic rings. The first kappa shape index (κ1) is 13.7. The quantitative estimate of drug-likeness (QED) is 0.607. The van der Waals surface area contributed by atoms with Gasteiger partial charge in [-0.25, -0.2) is 4.99 Å². The van der Waals surface area contributed by atoms with E-state index >= 15 is 0 Å². The van der Waals surface area contributed by atoms with Crippen LogP contribution >= 0.6 is 0 Å². The molecule has 6 nitrogen and oxygen atoms in total. The summed E-state index contributed by atoms with van der Waals surface area (Å²) in [6, 6.07) is 6.08. The lowest BCUT2D eigenvalue weighted by Gasteiger charge is -2.31. The zero-order chi connectivity index (χ0) is 14.8. The molecule has 6 heteroatoms. The van der Waals surface area contributed by atoms with E-state index in [1.165, 1.54) is 0 Å². The van der Waals surface area contributed by atoms with E-state index in [-0.39, 0.29) is 6.10 Å². The third-order valence-corrected chi connectivity index (χ3v) is 3.55. The van der Waals surface area contributed by atoms with Crippen molar-refractivity contribution in [2.24, 2.45) is 4.99 Å². The van der Waals surface area contributed by atoms with Gasteiger partial charge in [0.1, 0.15) is 24.3 Å². The summed E-state index contributed by atoms with van der Waals surface area (Å²) in [6.45, 7) is 2.78. The Kier molecular flexibility index (Phi) is 3.67. The smallest absolute Gasteiger partial charge is 0.162 e. The topological polar surface area (TPSA) is 61.1 Å². The molecular formula is C15H18N4O2. The molecule has 0 unspecified atom stereocenters. The maximum Gasteiger partial charge on any atom is 0.162 e. The average molecular weight is 286 g/mol. The maximum atomic E-state index is 9.50. The Bertz CT molecular complexity index is 606. The molecule has 0 aliphatic carbocycles. The molecule has 0 saturated carbocycles. The summed E-state index contributed by atoms with van der Waals surface area (Å²) in [4.78, 5) is 8.40. The van der Waals surface area contributed by atoms with E-state index in [2.05, 4.69) is 16.0 Å². The van der Waals surface area contributed by atoms with Crippen molar-refractivity contribution < 1.29 is 9.47 Å². The fourth-order valence-electron chi connectivity index (χ4n) is 2.56. The molecule has 2 aliphatic heterocycles. The van der Waals surface area contributed by atoms with Crippen LogP contribution < -0.4 is 9.64 Å². The first-order valence-electron chi connectivity index (χ1n) is 6.96. The lowest BCUT2D eigenvalue weighted by molar-refractivity contribution is 0.0158. The van der Waals surface area contributed by atoms with Crippen LogP contribution in [0.3, 0.4) is 0 Å². The number of anilines is 1. The molecule has 2 heterocycles. The first-order valence-corrected chi connectivity index (χ1v) is 6.96. The highest BCUT2D eigenvalue weighted by Gasteiger charge is 2.29. The van der Waals surface area contributed by atoms with Crippen molar-refractivity contribution in [2.45, 2.75) is 6.10 Å². The minimum atomic E-state index is 0.0615. The molecular weight excluding hydrogens is 268 g/mol. The molecule has 1 saturated heterocycles. The third-order valence-electron chi connectivity index (χ3n) is 3.55. The maximum absolute atomic E-state index is 9.50. The lowest BCUT2D eigenvalue weighted by Crippen LogP contribution is -2.43. The largest absolute Gasteiger partial charge is 0.487 e. The molecule has 0 aromatic heterocycles. The molecule has 0 spiro atoms. The molecule has 0 N–H and O–H groups in total. The Morgan fingerprint density at radius 3 is 3.10 bits per heavy atom. The second-order valence-corrected chi connectivity index (χ2v) is 5.38. The minimum absolute atomic E-state index is 0.0615. The van der Waals surface area contributed by atoms with E-state index in [9.17, 15) is 5.26 Å². The van der Waals surface area contributed by atoms with Gasteiger partial charge in [-0.2, -0.15) is 5.26 Å². The van der Waals surface area contributed by atoms with Gasteiger partial charge >= 0.3 is 0 Å². The first-order chi connectivity index (χ1) is 10.2. The van der Waals surface area contributed by atoms with E-state index in [4.69, 9.17) is 9.47 Å². The number of hydrogen-bond donors (Lipinski definition) is 0. The predicted molar refractivity (Wildman–Crippen MR) is 80.4 cm³/mol. The highest BCUT2D eigenvalue weighted by Crippen LogP contribution is 2.40. The molecule has 2 bridgehead atoms. The standard InChI is InChI=1S/C15H18N4O2/c1-18(2)10-17-13-3-4-14-15(12(13)7-16)21-9-11-8-19(14)5-6-20-11/h3-4,10-11H,5-6,8-9H2,1-2H3/t11-/m1/s1. The number of hydrogen-bond acceptors (Lipinski definition) is 5. The van der Waals surface area contributed by atoms with Gasteiger partial charge in [-0.1, -0.05) is 0 Å². The van der Waals surface area contributed by atoms with E-state index in [1.54, 1.807) is 6.34 Å². The highest BCUT2D eigenvalue weighted by molar-refractivity contribution is 5.76. The summed E-state index contributed by atoms with van der Waals surface area (Å²) in [7, 11) is 3.78. The number of aliphatic imine (C=N–C) groups is 1. The fourth-order valence-corrected chi connectivity index (χ4v) is 2.56. The lowest BCUT2D eigenvalue weighted by atomic mass is 10.1. The van der Waals surface area contributed by atoms with E-state index in [0.717, 1.165) is 18.8 Å². The van der Waals surface area contributed by atoms with Gasteiger partial charge in [0.2, 0.25) is 0 Å². The minimum Gasteiger partial charge on any atom is -0.487 e. The number of morpholine rings is 1. The van der Waals surface area contributed by atoms with Gasteiger partial charge in [-0.15, -0.1) is 0 Å². The molecule has 2 aliphatic rings. The SMILES string of the molecule is CN(C)C=Nc1ccc2c(c1C#N)OC[C@H]1CN2CCO1. The summed E-state index contributed by atoms with van der Waals surface area (Å²) in [5.41, 5.74) is 2.07. The number of nitriles is 1. The summed E-state index contributed by atoms with van der Waals surface area (Å²) in [5, 5.41) is 9.50. The van der Waals surface area contributed by atoms with Gasteiger partial charge in [0.15, 0.2) is 5.75 Å². The summed E-state index contributed by atoms with van der Waals surface area (Å²) < 4.78 is 11.5. The van der Waals surface area contributed by atoms with Crippen LogP contribution in [0.4, 0.5) is 11.4 Å². The fraction of sp³-hybridized carbons (Fsp3) is 0.467. The van der Waals surface area contributed by atoms with Crippen molar-refractivity contribution in [2.75, 3.05) is 45.3 Å². The summed E-state index contributed by atoms with van der Waals surface area (Å²) >= 11 is 0.